The third-order valence-electron chi connectivity index (χ3n) is 3.62. The molecule has 0 aromatic heterocycles. The van der Waals surface area contributed by atoms with Gasteiger partial charge in [0.25, 0.3) is 0 Å². The number of benzene rings is 1. The van der Waals surface area contributed by atoms with Gasteiger partial charge in [-0.15, -0.1) is 0 Å². The minimum absolute atomic E-state index is 0.568. The molecule has 1 N–H and O–H groups in total. The molecule has 1 unspecified atom stereocenters. The van der Waals surface area contributed by atoms with Crippen LogP contribution in [0.5, 0.6) is 11.5 Å². The molecular weight excluding hydrogens is 238 g/mol. The van der Waals surface area contributed by atoms with E-state index in [9.17, 15) is 0 Å². The van der Waals surface area contributed by atoms with Crippen molar-refractivity contribution in [2.24, 2.45) is 5.92 Å². The number of rotatable bonds is 8. The lowest BCUT2D eigenvalue weighted by atomic mass is 10.1. The fourth-order valence-corrected chi connectivity index (χ4v) is 1.84. The molecule has 3 heteroatoms. The molecule has 1 aromatic carbocycles. The van der Waals surface area contributed by atoms with Crippen LogP contribution in [-0.4, -0.2) is 19.8 Å². The molecule has 0 bridgehead atoms. The molecule has 1 aromatic rings. The number of hydrogen-bond acceptors (Lipinski definition) is 3. The van der Waals surface area contributed by atoms with Crippen LogP contribution in [0.1, 0.15) is 38.7 Å². The van der Waals surface area contributed by atoms with E-state index in [1.807, 2.05) is 6.07 Å². The molecule has 2 rings (SSSR count). The molecule has 0 radical (unpaired) electrons. The van der Waals surface area contributed by atoms with E-state index in [1.54, 1.807) is 7.11 Å². The van der Waals surface area contributed by atoms with Crippen LogP contribution in [0.2, 0.25) is 0 Å². The predicted molar refractivity (Wildman–Crippen MR) is 77.8 cm³/mol. The van der Waals surface area contributed by atoms with Crippen LogP contribution in [-0.2, 0) is 6.54 Å². The summed E-state index contributed by atoms with van der Waals surface area (Å²) in [6.07, 6.45) is 3.76. The van der Waals surface area contributed by atoms with Crippen LogP contribution in [0.25, 0.3) is 0 Å². The number of nitrogens with one attached hydrogen (secondary N) is 1. The molecule has 0 amide bonds. The predicted octanol–water partition coefficient (Wildman–Crippen LogP) is 3.37. The summed E-state index contributed by atoms with van der Waals surface area (Å²) in [5.74, 6) is 2.24. The van der Waals surface area contributed by atoms with E-state index in [0.717, 1.165) is 37.1 Å². The minimum Gasteiger partial charge on any atom is -0.493 e. The first-order chi connectivity index (χ1) is 9.22. The Kier molecular flexibility index (Phi) is 5.08. The van der Waals surface area contributed by atoms with Gasteiger partial charge < -0.3 is 14.8 Å². The van der Waals surface area contributed by atoms with Gasteiger partial charge in [-0.3, -0.25) is 0 Å². The first-order valence-electron chi connectivity index (χ1n) is 7.26. The van der Waals surface area contributed by atoms with E-state index in [2.05, 4.69) is 31.3 Å². The van der Waals surface area contributed by atoms with Crippen molar-refractivity contribution in [2.45, 2.75) is 45.7 Å². The Bertz CT molecular complexity index is 402. The minimum atomic E-state index is 0.568. The molecule has 0 heterocycles. The van der Waals surface area contributed by atoms with E-state index in [-0.39, 0.29) is 0 Å². The molecule has 1 fully saturated rings. The van der Waals surface area contributed by atoms with Crippen LogP contribution in [0, 0.1) is 5.92 Å². The number of hydrogen-bond donors (Lipinski definition) is 1. The molecule has 0 saturated heterocycles. The van der Waals surface area contributed by atoms with Crippen molar-refractivity contribution in [3.8, 4) is 11.5 Å². The normalized spacial score (nSPS) is 16.2. The molecule has 1 saturated carbocycles. The van der Waals surface area contributed by atoms with E-state index < -0.39 is 0 Å². The Morgan fingerprint density at radius 1 is 1.32 bits per heavy atom. The fourth-order valence-electron chi connectivity index (χ4n) is 1.84. The van der Waals surface area contributed by atoms with E-state index >= 15 is 0 Å². The zero-order valence-electron chi connectivity index (χ0n) is 12.2. The van der Waals surface area contributed by atoms with Crippen LogP contribution in [0.3, 0.4) is 0 Å². The van der Waals surface area contributed by atoms with Gasteiger partial charge in [-0.2, -0.15) is 0 Å². The summed E-state index contributed by atoms with van der Waals surface area (Å²) in [5, 5.41) is 3.52. The van der Waals surface area contributed by atoms with Gasteiger partial charge in [0.15, 0.2) is 11.5 Å². The SMILES string of the molecule is CCC(C)COc1cc(CNC2CC2)ccc1OC. The molecule has 3 nitrogen and oxygen atoms in total. The molecule has 1 aliphatic carbocycles. The van der Waals surface area contributed by atoms with Crippen LogP contribution in [0.4, 0.5) is 0 Å². The highest BCUT2D eigenvalue weighted by molar-refractivity contribution is 5.43. The largest absolute Gasteiger partial charge is 0.493 e. The summed E-state index contributed by atoms with van der Waals surface area (Å²) in [5.41, 5.74) is 1.26. The topological polar surface area (TPSA) is 30.5 Å². The van der Waals surface area contributed by atoms with Crippen LogP contribution >= 0.6 is 0 Å². The standard InChI is InChI=1S/C16H25NO2/c1-4-12(2)11-19-16-9-13(5-8-15(16)18-3)10-17-14-6-7-14/h5,8-9,12,14,17H,4,6-7,10-11H2,1-3H3. The lowest BCUT2D eigenvalue weighted by Crippen LogP contribution is -2.15. The Morgan fingerprint density at radius 2 is 2.11 bits per heavy atom. The highest BCUT2D eigenvalue weighted by atomic mass is 16.5. The van der Waals surface area contributed by atoms with Crippen molar-refractivity contribution in [1.82, 2.24) is 5.32 Å². The third-order valence-corrected chi connectivity index (χ3v) is 3.62. The molecule has 1 aliphatic rings. The molecule has 19 heavy (non-hydrogen) atoms. The summed E-state index contributed by atoms with van der Waals surface area (Å²) in [6, 6.07) is 6.92. The fraction of sp³-hybridized carbons (Fsp3) is 0.625. The average Bonchev–Trinajstić information content (AvgIpc) is 3.26. The van der Waals surface area contributed by atoms with Gasteiger partial charge in [0, 0.05) is 12.6 Å². The molecular formula is C16H25NO2. The molecule has 1 atom stereocenters. The van der Waals surface area contributed by atoms with Gasteiger partial charge >= 0.3 is 0 Å². The van der Waals surface area contributed by atoms with Crippen molar-refractivity contribution >= 4 is 0 Å². The average molecular weight is 263 g/mol. The molecule has 106 valence electrons. The molecule has 0 spiro atoms. The van der Waals surface area contributed by atoms with Gasteiger partial charge in [-0.05, 0) is 36.5 Å². The van der Waals surface area contributed by atoms with Gasteiger partial charge in [0.2, 0.25) is 0 Å². The number of methoxy groups -OCH3 is 1. The zero-order chi connectivity index (χ0) is 13.7. The summed E-state index contributed by atoms with van der Waals surface area (Å²) in [6.45, 7) is 6.03. The lowest BCUT2D eigenvalue weighted by molar-refractivity contribution is 0.244. The van der Waals surface area contributed by atoms with Gasteiger partial charge in [-0.25, -0.2) is 0 Å². The van der Waals surface area contributed by atoms with Crippen molar-refractivity contribution in [1.29, 1.82) is 0 Å². The Balaban J connectivity index is 1.97. The molecule has 0 aliphatic heterocycles. The van der Waals surface area contributed by atoms with Crippen molar-refractivity contribution in [3.05, 3.63) is 23.8 Å². The van der Waals surface area contributed by atoms with E-state index in [4.69, 9.17) is 9.47 Å². The maximum atomic E-state index is 5.89. The first kappa shape index (κ1) is 14.2. The summed E-state index contributed by atoms with van der Waals surface area (Å²) in [7, 11) is 1.69. The van der Waals surface area contributed by atoms with E-state index in [0.29, 0.717) is 5.92 Å². The second-order valence-corrected chi connectivity index (χ2v) is 5.46. The van der Waals surface area contributed by atoms with Gasteiger partial charge in [-0.1, -0.05) is 26.3 Å². The monoisotopic (exact) mass is 263 g/mol. The zero-order valence-corrected chi connectivity index (χ0v) is 12.2. The smallest absolute Gasteiger partial charge is 0.161 e. The highest BCUT2D eigenvalue weighted by Crippen LogP contribution is 2.29. The maximum absolute atomic E-state index is 5.89. The second-order valence-electron chi connectivity index (χ2n) is 5.46. The van der Waals surface area contributed by atoms with Crippen molar-refractivity contribution < 1.29 is 9.47 Å². The Labute approximate surface area is 116 Å². The van der Waals surface area contributed by atoms with Crippen molar-refractivity contribution in [2.75, 3.05) is 13.7 Å². The number of ether oxygens (including phenoxy) is 2. The Hall–Kier alpha value is -1.22. The third kappa shape index (κ3) is 4.43. The van der Waals surface area contributed by atoms with Crippen LogP contribution in [0.15, 0.2) is 18.2 Å². The quantitative estimate of drug-likeness (QED) is 0.780. The second kappa shape index (κ2) is 6.80. The highest BCUT2D eigenvalue weighted by Gasteiger charge is 2.20. The van der Waals surface area contributed by atoms with Gasteiger partial charge in [0.1, 0.15) is 0 Å². The van der Waals surface area contributed by atoms with Crippen molar-refractivity contribution in [3.63, 3.8) is 0 Å². The summed E-state index contributed by atoms with van der Waals surface area (Å²) < 4.78 is 11.2. The summed E-state index contributed by atoms with van der Waals surface area (Å²) in [4.78, 5) is 0. The first-order valence-corrected chi connectivity index (χ1v) is 7.26. The van der Waals surface area contributed by atoms with Gasteiger partial charge in [0.05, 0.1) is 13.7 Å². The summed E-state index contributed by atoms with van der Waals surface area (Å²) >= 11 is 0. The lowest BCUT2D eigenvalue weighted by Gasteiger charge is -2.15. The Morgan fingerprint density at radius 3 is 2.74 bits per heavy atom. The van der Waals surface area contributed by atoms with Crippen LogP contribution < -0.4 is 14.8 Å². The van der Waals surface area contributed by atoms with E-state index in [1.165, 1.54) is 18.4 Å². The maximum Gasteiger partial charge on any atom is 0.161 e.